The Kier molecular flexibility index (Phi) is 2.66. The van der Waals surface area contributed by atoms with Crippen molar-refractivity contribution in [2.75, 3.05) is 7.05 Å². The number of carbonyl (C=O) groups is 1. The molecule has 0 aliphatic heterocycles. The Morgan fingerprint density at radius 2 is 2.00 bits per heavy atom. The number of Topliss-reactive ketones (excluding diaryl/α,β-unsaturated/α-hetero) is 1. The topological polar surface area (TPSA) is 69.6 Å². The molecule has 0 aromatic heterocycles. The van der Waals surface area contributed by atoms with Gasteiger partial charge in [0, 0.05) is 12.0 Å². The molecule has 16 heavy (non-hydrogen) atoms. The molecule has 4 nitrogen and oxygen atoms in total. The highest BCUT2D eigenvalue weighted by atomic mass is 79.9. The average Bonchev–Trinajstić information content (AvgIpc) is 2.25. The minimum atomic E-state index is -2.00. The lowest BCUT2D eigenvalue weighted by atomic mass is 9.82. The highest BCUT2D eigenvalue weighted by Crippen LogP contribution is 2.38. The quantitative estimate of drug-likeness (QED) is 0.517. The fraction of sp³-hybridized carbons (Fsp3) is 0.364. The van der Waals surface area contributed by atoms with Crippen molar-refractivity contribution in [1.29, 1.82) is 0 Å². The summed E-state index contributed by atoms with van der Waals surface area (Å²) in [6.07, 6.45) is 0.159. The molecule has 0 amide bonds. The number of nitrogens with one attached hydrogen (secondary N) is 1. The van der Waals surface area contributed by atoms with Crippen molar-refractivity contribution >= 4 is 21.7 Å². The number of likely N-dealkylation sites (N-methyl/N-ethyl adjacent to an activating group) is 1. The first-order valence-corrected chi connectivity index (χ1v) is 5.67. The smallest absolute Gasteiger partial charge is 0.220 e. The molecule has 0 heterocycles. The zero-order valence-electron chi connectivity index (χ0n) is 8.70. The molecule has 0 fully saturated rings. The van der Waals surface area contributed by atoms with Gasteiger partial charge in [-0.2, -0.15) is 0 Å². The van der Waals surface area contributed by atoms with Crippen LogP contribution in [-0.2, 0) is 6.42 Å². The minimum Gasteiger partial charge on any atom is -0.374 e. The number of hydrogen-bond acceptors (Lipinski definition) is 4. The van der Waals surface area contributed by atoms with E-state index in [9.17, 15) is 15.0 Å². The van der Waals surface area contributed by atoms with E-state index < -0.39 is 16.0 Å². The van der Waals surface area contributed by atoms with E-state index in [0.29, 0.717) is 11.1 Å². The molecule has 1 aromatic rings. The number of fused-ring (bicyclic) bond motifs is 1. The minimum absolute atomic E-state index is 0.159. The van der Waals surface area contributed by atoms with Crippen LogP contribution < -0.4 is 5.32 Å². The third kappa shape index (κ3) is 1.43. The number of rotatable bonds is 1. The van der Waals surface area contributed by atoms with Gasteiger partial charge in [0.15, 0.2) is 4.51 Å². The molecule has 5 heteroatoms. The first-order valence-electron chi connectivity index (χ1n) is 4.87. The van der Waals surface area contributed by atoms with E-state index in [2.05, 4.69) is 21.2 Å². The summed E-state index contributed by atoms with van der Waals surface area (Å²) in [6, 6.07) is 6.92. The summed E-state index contributed by atoms with van der Waals surface area (Å²) in [4.78, 5) is 12.1. The Hall–Kier alpha value is -0.750. The van der Waals surface area contributed by atoms with Gasteiger partial charge in [0.05, 0.1) is 0 Å². The lowest BCUT2D eigenvalue weighted by Crippen LogP contribution is -2.67. The summed E-state index contributed by atoms with van der Waals surface area (Å²) in [7, 11) is 1.43. The zero-order chi connectivity index (χ0) is 12.0. The number of alkyl halides is 1. The number of benzene rings is 1. The molecule has 0 bridgehead atoms. The van der Waals surface area contributed by atoms with Crippen molar-refractivity contribution in [2.45, 2.75) is 16.7 Å². The molecule has 0 saturated carbocycles. The zero-order valence-corrected chi connectivity index (χ0v) is 10.3. The molecule has 2 atom stereocenters. The summed E-state index contributed by atoms with van der Waals surface area (Å²) in [5.74, 6) is -0.531. The average molecular weight is 286 g/mol. The van der Waals surface area contributed by atoms with E-state index in [1.54, 1.807) is 24.3 Å². The van der Waals surface area contributed by atoms with Crippen LogP contribution in [-0.4, -0.2) is 33.3 Å². The summed E-state index contributed by atoms with van der Waals surface area (Å²) in [6.45, 7) is 0. The van der Waals surface area contributed by atoms with Crippen LogP contribution in [0.3, 0.4) is 0 Å². The van der Waals surface area contributed by atoms with Crippen LogP contribution in [0.25, 0.3) is 0 Å². The van der Waals surface area contributed by atoms with Crippen LogP contribution in [0.15, 0.2) is 24.3 Å². The molecule has 2 rings (SSSR count). The Labute approximate surface area is 101 Å². The van der Waals surface area contributed by atoms with E-state index in [-0.39, 0.29) is 6.42 Å². The summed E-state index contributed by atoms with van der Waals surface area (Å²) >= 11 is 3.01. The summed E-state index contributed by atoms with van der Waals surface area (Å²) < 4.78 is -1.69. The Balaban J connectivity index is 2.61. The molecule has 1 aliphatic carbocycles. The van der Waals surface area contributed by atoms with Crippen molar-refractivity contribution in [3.05, 3.63) is 35.4 Å². The van der Waals surface area contributed by atoms with Gasteiger partial charge >= 0.3 is 0 Å². The SMILES string of the molecule is CNC1(O)C(=O)c2ccccc2CC1(O)Br. The normalized spacial score (nSPS) is 33.6. The number of carbonyl (C=O) groups excluding carboxylic acids is 1. The van der Waals surface area contributed by atoms with Gasteiger partial charge in [-0.1, -0.05) is 24.3 Å². The van der Waals surface area contributed by atoms with E-state index in [0.717, 1.165) is 0 Å². The number of ketones is 1. The second-order valence-corrected chi connectivity index (χ2v) is 5.19. The van der Waals surface area contributed by atoms with Crippen LogP contribution in [0.2, 0.25) is 0 Å². The Bertz CT molecular complexity index is 447. The summed E-state index contributed by atoms with van der Waals surface area (Å²) in [5, 5.41) is 22.7. The maximum Gasteiger partial charge on any atom is 0.220 e. The van der Waals surface area contributed by atoms with Crippen LogP contribution in [0.4, 0.5) is 0 Å². The number of halogens is 1. The van der Waals surface area contributed by atoms with Gasteiger partial charge in [0.1, 0.15) is 0 Å². The van der Waals surface area contributed by atoms with E-state index in [4.69, 9.17) is 0 Å². The van der Waals surface area contributed by atoms with Gasteiger partial charge in [-0.25, -0.2) is 0 Å². The largest absolute Gasteiger partial charge is 0.374 e. The van der Waals surface area contributed by atoms with E-state index in [1.807, 2.05) is 0 Å². The first-order chi connectivity index (χ1) is 7.42. The van der Waals surface area contributed by atoms with Crippen LogP contribution >= 0.6 is 15.9 Å². The van der Waals surface area contributed by atoms with Crippen molar-refractivity contribution in [1.82, 2.24) is 5.32 Å². The predicted octanol–water partition coefficient (Wildman–Crippen LogP) is 0.417. The fourth-order valence-corrected chi connectivity index (χ4v) is 2.63. The predicted molar refractivity (Wildman–Crippen MR) is 62.4 cm³/mol. The van der Waals surface area contributed by atoms with E-state index in [1.165, 1.54) is 7.05 Å². The van der Waals surface area contributed by atoms with Crippen molar-refractivity contribution < 1.29 is 15.0 Å². The third-order valence-electron chi connectivity index (χ3n) is 2.93. The molecule has 0 saturated heterocycles. The van der Waals surface area contributed by atoms with E-state index >= 15 is 0 Å². The second-order valence-electron chi connectivity index (χ2n) is 3.88. The third-order valence-corrected chi connectivity index (χ3v) is 3.79. The van der Waals surface area contributed by atoms with Crippen LogP contribution in [0, 0.1) is 0 Å². The maximum atomic E-state index is 12.1. The van der Waals surface area contributed by atoms with Crippen LogP contribution in [0.1, 0.15) is 15.9 Å². The summed E-state index contributed by atoms with van der Waals surface area (Å²) in [5.41, 5.74) is -0.850. The maximum absolute atomic E-state index is 12.1. The molecule has 3 N–H and O–H groups in total. The molecule has 1 aliphatic rings. The molecule has 0 spiro atoms. The number of aliphatic hydroxyl groups is 2. The van der Waals surface area contributed by atoms with Gasteiger partial charge < -0.3 is 10.2 Å². The van der Waals surface area contributed by atoms with Gasteiger partial charge in [0.2, 0.25) is 11.5 Å². The lowest BCUT2D eigenvalue weighted by molar-refractivity contribution is -0.0854. The van der Waals surface area contributed by atoms with Gasteiger partial charge in [-0.3, -0.25) is 10.1 Å². The first kappa shape index (κ1) is 11.7. The molecular weight excluding hydrogens is 274 g/mol. The van der Waals surface area contributed by atoms with Crippen molar-refractivity contribution in [2.24, 2.45) is 0 Å². The fourth-order valence-electron chi connectivity index (χ4n) is 1.95. The monoisotopic (exact) mass is 285 g/mol. The lowest BCUT2D eigenvalue weighted by Gasteiger charge is -2.41. The second kappa shape index (κ2) is 3.63. The highest BCUT2D eigenvalue weighted by molar-refractivity contribution is 9.10. The molecule has 2 unspecified atom stereocenters. The Morgan fingerprint density at radius 1 is 1.38 bits per heavy atom. The molecular formula is C11H12BrNO3. The van der Waals surface area contributed by atoms with Gasteiger partial charge in [-0.15, -0.1) is 0 Å². The van der Waals surface area contributed by atoms with Crippen molar-refractivity contribution in [3.8, 4) is 0 Å². The molecule has 0 radical (unpaired) electrons. The van der Waals surface area contributed by atoms with Crippen LogP contribution in [0.5, 0.6) is 0 Å². The highest BCUT2D eigenvalue weighted by Gasteiger charge is 2.56. The Morgan fingerprint density at radius 3 is 2.62 bits per heavy atom. The van der Waals surface area contributed by atoms with Gasteiger partial charge in [-0.05, 0) is 28.5 Å². The van der Waals surface area contributed by atoms with Crippen molar-refractivity contribution in [3.63, 3.8) is 0 Å². The van der Waals surface area contributed by atoms with Gasteiger partial charge in [0.25, 0.3) is 0 Å². The number of hydrogen-bond donors (Lipinski definition) is 3. The standard InChI is InChI=1S/C11H12BrNO3/c1-13-11(16)9(14)8-5-3-2-4-7(8)6-10(11,12)15/h2-5,13,15-16H,6H2,1H3. The molecule has 86 valence electrons. The molecule has 1 aromatic carbocycles.